The van der Waals surface area contributed by atoms with Gasteiger partial charge in [0.2, 0.25) is 0 Å². The number of aliphatic hydroxyl groups excluding tert-OH is 1. The number of anilines is 1. The van der Waals surface area contributed by atoms with Gasteiger partial charge in [-0.1, -0.05) is 18.2 Å². The van der Waals surface area contributed by atoms with E-state index in [1.807, 2.05) is 44.2 Å². The number of piperazine rings is 1. The lowest BCUT2D eigenvalue weighted by Crippen LogP contribution is -2.49. The van der Waals surface area contributed by atoms with Gasteiger partial charge in [0.1, 0.15) is 24.2 Å². The molecule has 5 heteroatoms. The summed E-state index contributed by atoms with van der Waals surface area (Å²) in [5.41, 5.74) is 3.43. The predicted octanol–water partition coefficient (Wildman–Crippen LogP) is 2.87. The number of benzene rings is 2. The van der Waals surface area contributed by atoms with Gasteiger partial charge < -0.3 is 19.5 Å². The Balaban J connectivity index is 1.44. The summed E-state index contributed by atoms with van der Waals surface area (Å²) >= 11 is 0. The maximum Gasteiger partial charge on any atom is 0.125 e. The number of rotatable bonds is 7. The molecule has 27 heavy (non-hydrogen) atoms. The first-order chi connectivity index (χ1) is 13.1. The van der Waals surface area contributed by atoms with Crippen LogP contribution in [0.15, 0.2) is 42.5 Å². The van der Waals surface area contributed by atoms with Crippen LogP contribution in [-0.4, -0.2) is 62.6 Å². The molecule has 1 N–H and O–H groups in total. The van der Waals surface area contributed by atoms with Crippen LogP contribution in [0, 0.1) is 13.8 Å². The molecule has 0 aromatic heterocycles. The number of aryl methyl sites for hydroxylation is 2. The number of nitrogens with zero attached hydrogens (tertiary/aromatic N) is 2. The van der Waals surface area contributed by atoms with Crippen molar-refractivity contribution in [1.29, 1.82) is 0 Å². The van der Waals surface area contributed by atoms with E-state index >= 15 is 0 Å². The topological polar surface area (TPSA) is 45.2 Å². The molecule has 2 aromatic rings. The van der Waals surface area contributed by atoms with Crippen LogP contribution < -0.4 is 14.4 Å². The molecule has 0 radical (unpaired) electrons. The molecule has 5 nitrogen and oxygen atoms in total. The monoisotopic (exact) mass is 370 g/mol. The van der Waals surface area contributed by atoms with E-state index in [9.17, 15) is 5.11 Å². The Labute approximate surface area is 162 Å². The zero-order chi connectivity index (χ0) is 19.2. The first-order valence-electron chi connectivity index (χ1n) is 9.55. The average molecular weight is 370 g/mol. The fourth-order valence-electron chi connectivity index (χ4n) is 3.54. The van der Waals surface area contributed by atoms with Gasteiger partial charge in [0.15, 0.2) is 0 Å². The molecule has 1 atom stereocenters. The Morgan fingerprint density at radius 2 is 1.59 bits per heavy atom. The third kappa shape index (κ3) is 5.15. The van der Waals surface area contributed by atoms with Crippen LogP contribution in [0.4, 0.5) is 5.69 Å². The van der Waals surface area contributed by atoms with Gasteiger partial charge >= 0.3 is 0 Å². The van der Waals surface area contributed by atoms with Crippen molar-refractivity contribution >= 4 is 5.69 Å². The van der Waals surface area contributed by atoms with E-state index in [1.165, 1.54) is 5.69 Å². The van der Waals surface area contributed by atoms with Crippen LogP contribution in [0.3, 0.4) is 0 Å². The molecular weight excluding hydrogens is 340 g/mol. The first-order valence-corrected chi connectivity index (χ1v) is 9.55. The molecule has 0 saturated carbocycles. The maximum atomic E-state index is 10.4. The second-order valence-electron chi connectivity index (χ2n) is 7.17. The van der Waals surface area contributed by atoms with Crippen LogP contribution in [0.1, 0.15) is 11.1 Å². The molecule has 2 aromatic carbocycles. The molecule has 0 spiro atoms. The van der Waals surface area contributed by atoms with Crippen molar-refractivity contribution in [3.05, 3.63) is 53.6 Å². The fraction of sp³-hybridized carbons (Fsp3) is 0.455. The van der Waals surface area contributed by atoms with Crippen molar-refractivity contribution < 1.29 is 14.6 Å². The smallest absolute Gasteiger partial charge is 0.125 e. The minimum atomic E-state index is -0.489. The number of aliphatic hydroxyl groups is 1. The summed E-state index contributed by atoms with van der Waals surface area (Å²) < 4.78 is 11.1. The highest BCUT2D eigenvalue weighted by Crippen LogP contribution is 2.23. The Bertz CT molecular complexity index is 705. The van der Waals surface area contributed by atoms with E-state index in [1.54, 1.807) is 7.11 Å². The van der Waals surface area contributed by atoms with Crippen molar-refractivity contribution in [2.75, 3.05) is 51.3 Å². The summed E-state index contributed by atoms with van der Waals surface area (Å²) in [7, 11) is 1.68. The lowest BCUT2D eigenvalue weighted by molar-refractivity contribution is 0.0658. The normalized spacial score (nSPS) is 16.2. The van der Waals surface area contributed by atoms with Gasteiger partial charge in [-0.2, -0.15) is 0 Å². The van der Waals surface area contributed by atoms with Crippen LogP contribution in [0.25, 0.3) is 0 Å². The molecule has 1 fully saturated rings. The molecule has 1 heterocycles. The van der Waals surface area contributed by atoms with Gasteiger partial charge in [0, 0.05) is 38.4 Å². The first kappa shape index (κ1) is 19.5. The maximum absolute atomic E-state index is 10.4. The minimum Gasteiger partial charge on any atom is -0.497 e. The third-order valence-corrected chi connectivity index (χ3v) is 5.11. The highest BCUT2D eigenvalue weighted by atomic mass is 16.5. The van der Waals surface area contributed by atoms with E-state index in [0.29, 0.717) is 13.2 Å². The molecule has 1 aliphatic rings. The Morgan fingerprint density at radius 1 is 0.963 bits per heavy atom. The van der Waals surface area contributed by atoms with E-state index < -0.39 is 6.10 Å². The number of methoxy groups -OCH3 is 1. The second-order valence-corrected chi connectivity index (χ2v) is 7.17. The standard InChI is InChI=1S/C22H30N2O3/c1-17-5-4-6-18(2)22(17)27-16-20(25)15-23-11-13-24(14-12-23)19-7-9-21(26-3)10-8-19/h4-10,20,25H,11-16H2,1-3H3. The third-order valence-electron chi connectivity index (χ3n) is 5.11. The molecule has 0 aliphatic carbocycles. The van der Waals surface area contributed by atoms with Gasteiger partial charge in [-0.05, 0) is 49.2 Å². The molecular formula is C22H30N2O3. The molecule has 1 saturated heterocycles. The van der Waals surface area contributed by atoms with E-state index in [4.69, 9.17) is 9.47 Å². The van der Waals surface area contributed by atoms with Crippen LogP contribution in [0.5, 0.6) is 11.5 Å². The summed E-state index contributed by atoms with van der Waals surface area (Å²) in [5, 5.41) is 10.4. The molecule has 0 bridgehead atoms. The highest BCUT2D eigenvalue weighted by molar-refractivity contribution is 5.49. The number of para-hydroxylation sites is 1. The van der Waals surface area contributed by atoms with Gasteiger partial charge in [-0.25, -0.2) is 0 Å². The van der Waals surface area contributed by atoms with Gasteiger partial charge in [0.05, 0.1) is 7.11 Å². The zero-order valence-corrected chi connectivity index (χ0v) is 16.5. The lowest BCUT2D eigenvalue weighted by atomic mass is 10.1. The molecule has 1 aliphatic heterocycles. The lowest BCUT2D eigenvalue weighted by Gasteiger charge is -2.37. The van der Waals surface area contributed by atoms with E-state index in [-0.39, 0.29) is 0 Å². The quantitative estimate of drug-likeness (QED) is 0.812. The van der Waals surface area contributed by atoms with Crippen molar-refractivity contribution in [1.82, 2.24) is 4.90 Å². The van der Waals surface area contributed by atoms with Crippen LogP contribution in [-0.2, 0) is 0 Å². The highest BCUT2D eigenvalue weighted by Gasteiger charge is 2.20. The van der Waals surface area contributed by atoms with E-state index in [0.717, 1.165) is 48.8 Å². The molecule has 0 amide bonds. The predicted molar refractivity (Wildman–Crippen MR) is 109 cm³/mol. The van der Waals surface area contributed by atoms with Crippen molar-refractivity contribution in [3.8, 4) is 11.5 Å². The van der Waals surface area contributed by atoms with Crippen LogP contribution in [0.2, 0.25) is 0 Å². The Hall–Kier alpha value is -2.24. The summed E-state index contributed by atoms with van der Waals surface area (Å²) in [5.74, 6) is 1.77. The number of ether oxygens (including phenoxy) is 2. The summed E-state index contributed by atoms with van der Waals surface area (Å²) in [4.78, 5) is 4.67. The molecule has 1 unspecified atom stereocenters. The Morgan fingerprint density at radius 3 is 2.19 bits per heavy atom. The summed E-state index contributed by atoms with van der Waals surface area (Å²) in [6, 6.07) is 14.3. The number of β-amino-alcohol motifs (C(OH)–C–C–N with tert-alkyl or cyclic N) is 1. The van der Waals surface area contributed by atoms with E-state index in [2.05, 4.69) is 21.9 Å². The molecule has 3 rings (SSSR count). The zero-order valence-electron chi connectivity index (χ0n) is 16.5. The summed E-state index contributed by atoms with van der Waals surface area (Å²) in [6.45, 7) is 8.82. The van der Waals surface area contributed by atoms with Gasteiger partial charge in [-0.15, -0.1) is 0 Å². The SMILES string of the molecule is COc1ccc(N2CCN(CC(O)COc3c(C)cccc3C)CC2)cc1. The minimum absolute atomic E-state index is 0.324. The fourth-order valence-corrected chi connectivity index (χ4v) is 3.54. The number of hydrogen-bond acceptors (Lipinski definition) is 5. The largest absolute Gasteiger partial charge is 0.497 e. The second kappa shape index (κ2) is 9.11. The van der Waals surface area contributed by atoms with Crippen molar-refractivity contribution in [3.63, 3.8) is 0 Å². The number of hydrogen-bond donors (Lipinski definition) is 1. The Kier molecular flexibility index (Phi) is 6.58. The summed E-state index contributed by atoms with van der Waals surface area (Å²) in [6.07, 6.45) is -0.489. The van der Waals surface area contributed by atoms with Crippen molar-refractivity contribution in [2.24, 2.45) is 0 Å². The van der Waals surface area contributed by atoms with Crippen LogP contribution >= 0.6 is 0 Å². The average Bonchev–Trinajstić information content (AvgIpc) is 2.68. The van der Waals surface area contributed by atoms with Gasteiger partial charge in [-0.3, -0.25) is 4.90 Å². The van der Waals surface area contributed by atoms with Crippen molar-refractivity contribution in [2.45, 2.75) is 20.0 Å². The van der Waals surface area contributed by atoms with Gasteiger partial charge in [0.25, 0.3) is 0 Å². The molecule has 146 valence electrons.